The van der Waals surface area contributed by atoms with Crippen LogP contribution in [0.1, 0.15) is 78.1 Å². The first kappa shape index (κ1) is 17.4. The van der Waals surface area contributed by atoms with E-state index in [2.05, 4.69) is 13.8 Å². The van der Waals surface area contributed by atoms with Crippen LogP contribution in [0.4, 0.5) is 0 Å². The summed E-state index contributed by atoms with van der Waals surface area (Å²) >= 11 is 0. The number of carbonyl (C=O) groups excluding carboxylic acids is 1. The third-order valence-electron chi connectivity index (χ3n) is 8.85. The van der Waals surface area contributed by atoms with E-state index in [1.807, 2.05) is 0 Å². The van der Waals surface area contributed by atoms with E-state index in [1.54, 1.807) is 0 Å². The fraction of sp³-hybridized carbons (Fsp3) is 0.905. The predicted octanol–water partition coefficient (Wildman–Crippen LogP) is 4.42. The first-order chi connectivity index (χ1) is 11.8. The van der Waals surface area contributed by atoms with Gasteiger partial charge in [-0.2, -0.15) is 0 Å². The Labute approximate surface area is 150 Å². The molecule has 1 N–H and O–H groups in total. The van der Waals surface area contributed by atoms with Gasteiger partial charge >= 0.3 is 11.9 Å². The number of carbonyl (C=O) groups is 2. The lowest BCUT2D eigenvalue weighted by atomic mass is 9.45. The summed E-state index contributed by atoms with van der Waals surface area (Å²) in [6.07, 6.45) is 12.2. The van der Waals surface area contributed by atoms with Crippen molar-refractivity contribution in [1.82, 2.24) is 0 Å². The van der Waals surface area contributed by atoms with Crippen molar-refractivity contribution in [2.75, 3.05) is 0 Å². The lowest BCUT2D eigenvalue weighted by molar-refractivity contribution is -0.174. The monoisotopic (exact) mass is 348 g/mol. The quantitative estimate of drug-likeness (QED) is 0.563. The van der Waals surface area contributed by atoms with E-state index in [9.17, 15) is 9.59 Å². The Hall–Kier alpha value is -1.06. The lowest BCUT2D eigenvalue weighted by Gasteiger charge is -2.60. The maximum atomic E-state index is 11.4. The summed E-state index contributed by atoms with van der Waals surface area (Å²) in [5.41, 5.74) is 0.956. The highest BCUT2D eigenvalue weighted by molar-refractivity contribution is 6.28. The smallest absolute Gasteiger partial charge is 0.417 e. The normalized spacial score (nSPS) is 48.8. The van der Waals surface area contributed by atoms with Gasteiger partial charge < -0.3 is 9.84 Å². The molecule has 0 aromatic heterocycles. The molecule has 0 unspecified atom stereocenters. The standard InChI is InChI=1S/C21H32O4/c1-20-9-3-4-16(20)15-6-5-13-12-14(25-19(24)18(22)23)7-11-21(13,2)17(15)8-10-20/h13-17H,3-12H2,1-2H3,(H,22,23)/t13-,14-,15+,16+,17+,20+,21+/m1/s1. The Kier molecular flexibility index (Phi) is 4.16. The zero-order valence-electron chi connectivity index (χ0n) is 15.6. The van der Waals surface area contributed by atoms with Gasteiger partial charge in [0.2, 0.25) is 0 Å². The lowest BCUT2D eigenvalue weighted by Crippen LogP contribution is -2.53. The molecule has 4 fully saturated rings. The maximum Gasteiger partial charge on any atom is 0.417 e. The molecular formula is C21H32O4. The molecular weight excluding hydrogens is 316 g/mol. The van der Waals surface area contributed by atoms with Gasteiger partial charge in [-0.25, -0.2) is 9.59 Å². The van der Waals surface area contributed by atoms with Crippen molar-refractivity contribution in [1.29, 1.82) is 0 Å². The topological polar surface area (TPSA) is 63.6 Å². The number of esters is 1. The van der Waals surface area contributed by atoms with Gasteiger partial charge in [0.1, 0.15) is 6.10 Å². The van der Waals surface area contributed by atoms with Crippen molar-refractivity contribution in [2.24, 2.45) is 34.5 Å². The van der Waals surface area contributed by atoms with Gasteiger partial charge in [0.25, 0.3) is 0 Å². The zero-order chi connectivity index (χ0) is 17.8. The molecule has 0 heterocycles. The van der Waals surface area contributed by atoms with Gasteiger partial charge in [-0.15, -0.1) is 0 Å². The fourth-order valence-corrected chi connectivity index (χ4v) is 7.52. The van der Waals surface area contributed by atoms with Crippen molar-refractivity contribution in [3.8, 4) is 0 Å². The molecule has 0 radical (unpaired) electrons. The van der Waals surface area contributed by atoms with Crippen LogP contribution < -0.4 is 0 Å². The number of hydrogen-bond acceptors (Lipinski definition) is 3. The maximum absolute atomic E-state index is 11.4. The molecule has 4 saturated carbocycles. The molecule has 0 aliphatic heterocycles. The van der Waals surface area contributed by atoms with Crippen LogP contribution in [0, 0.1) is 34.5 Å². The number of hydrogen-bond donors (Lipinski definition) is 1. The van der Waals surface area contributed by atoms with Crippen molar-refractivity contribution in [2.45, 2.75) is 84.2 Å². The molecule has 0 saturated heterocycles. The van der Waals surface area contributed by atoms with Gasteiger partial charge in [-0.1, -0.05) is 20.3 Å². The minimum Gasteiger partial charge on any atom is -0.473 e. The van der Waals surface area contributed by atoms with E-state index in [1.165, 1.54) is 44.9 Å². The number of fused-ring (bicyclic) bond motifs is 5. The summed E-state index contributed by atoms with van der Waals surface area (Å²) in [5, 5.41) is 8.79. The molecule has 0 amide bonds. The summed E-state index contributed by atoms with van der Waals surface area (Å²) in [7, 11) is 0. The van der Waals surface area contributed by atoms with Crippen LogP contribution in [-0.2, 0) is 14.3 Å². The van der Waals surface area contributed by atoms with Crippen LogP contribution in [0.2, 0.25) is 0 Å². The van der Waals surface area contributed by atoms with Crippen molar-refractivity contribution >= 4 is 11.9 Å². The highest BCUT2D eigenvalue weighted by Gasteiger charge is 2.58. The van der Waals surface area contributed by atoms with Crippen molar-refractivity contribution < 1.29 is 19.4 Å². The number of aliphatic carboxylic acids is 1. The molecule has 4 aliphatic rings. The Morgan fingerprint density at radius 1 is 0.960 bits per heavy atom. The van der Waals surface area contributed by atoms with Crippen molar-refractivity contribution in [3.63, 3.8) is 0 Å². The van der Waals surface area contributed by atoms with E-state index in [-0.39, 0.29) is 6.10 Å². The van der Waals surface area contributed by atoms with Gasteiger partial charge in [-0.3, -0.25) is 0 Å². The van der Waals surface area contributed by atoms with E-state index < -0.39 is 11.9 Å². The minimum atomic E-state index is -1.47. The van der Waals surface area contributed by atoms with Crippen molar-refractivity contribution in [3.05, 3.63) is 0 Å². The van der Waals surface area contributed by atoms with E-state index in [4.69, 9.17) is 9.84 Å². The molecule has 0 aromatic carbocycles. The summed E-state index contributed by atoms with van der Waals surface area (Å²) in [6, 6.07) is 0. The Balaban J connectivity index is 1.48. The second-order valence-corrected chi connectivity index (χ2v) is 9.85. The Bertz CT molecular complexity index is 572. The van der Waals surface area contributed by atoms with E-state index in [0.717, 1.165) is 37.0 Å². The number of carboxylic acid groups (broad SMARTS) is 1. The second kappa shape index (κ2) is 5.99. The third-order valence-corrected chi connectivity index (χ3v) is 8.85. The van der Waals surface area contributed by atoms with Gasteiger partial charge in [0.05, 0.1) is 0 Å². The number of carboxylic acids is 1. The molecule has 140 valence electrons. The first-order valence-electron chi connectivity index (χ1n) is 10.3. The van der Waals surface area contributed by atoms with Crippen LogP contribution in [0.5, 0.6) is 0 Å². The Morgan fingerprint density at radius 2 is 1.76 bits per heavy atom. The average molecular weight is 348 g/mol. The minimum absolute atomic E-state index is 0.196. The van der Waals surface area contributed by atoms with E-state index >= 15 is 0 Å². The first-order valence-corrected chi connectivity index (χ1v) is 10.3. The van der Waals surface area contributed by atoms with E-state index in [0.29, 0.717) is 16.7 Å². The number of rotatable bonds is 1. The zero-order valence-corrected chi connectivity index (χ0v) is 15.6. The van der Waals surface area contributed by atoms with Crippen LogP contribution >= 0.6 is 0 Å². The second-order valence-electron chi connectivity index (χ2n) is 9.85. The predicted molar refractivity (Wildman–Crippen MR) is 93.9 cm³/mol. The molecule has 4 nitrogen and oxygen atoms in total. The van der Waals surface area contributed by atoms with Gasteiger partial charge in [0.15, 0.2) is 0 Å². The highest BCUT2D eigenvalue weighted by atomic mass is 16.6. The number of ether oxygens (including phenoxy) is 1. The third kappa shape index (κ3) is 2.71. The molecule has 4 heteroatoms. The fourth-order valence-electron chi connectivity index (χ4n) is 7.52. The molecule has 4 rings (SSSR count). The molecule has 0 aromatic rings. The summed E-state index contributed by atoms with van der Waals surface area (Å²) < 4.78 is 5.23. The summed E-state index contributed by atoms with van der Waals surface area (Å²) in [6.45, 7) is 5.03. The molecule has 0 spiro atoms. The Morgan fingerprint density at radius 3 is 2.52 bits per heavy atom. The highest BCUT2D eigenvalue weighted by Crippen LogP contribution is 2.66. The van der Waals surface area contributed by atoms with Gasteiger partial charge in [0, 0.05) is 0 Å². The SMILES string of the molecule is C[C@@]12CCC[C@H]1[C@@H]1CC[C@@H]3C[C@H](OC(=O)C(=O)O)CC[C@]3(C)[C@H]1CC2. The van der Waals surface area contributed by atoms with Crippen LogP contribution in [0.25, 0.3) is 0 Å². The summed E-state index contributed by atoms with van der Waals surface area (Å²) in [5.74, 6) is 0.664. The van der Waals surface area contributed by atoms with Crippen LogP contribution in [0.15, 0.2) is 0 Å². The molecule has 0 bridgehead atoms. The molecule has 25 heavy (non-hydrogen) atoms. The van der Waals surface area contributed by atoms with Crippen LogP contribution in [-0.4, -0.2) is 23.1 Å². The summed E-state index contributed by atoms with van der Waals surface area (Å²) in [4.78, 5) is 22.2. The average Bonchev–Trinajstić information content (AvgIpc) is 2.96. The van der Waals surface area contributed by atoms with Crippen LogP contribution in [0.3, 0.4) is 0 Å². The largest absolute Gasteiger partial charge is 0.473 e. The molecule has 4 aliphatic carbocycles. The molecule has 7 atom stereocenters. The van der Waals surface area contributed by atoms with Gasteiger partial charge in [-0.05, 0) is 92.3 Å².